The summed E-state index contributed by atoms with van der Waals surface area (Å²) in [5.41, 5.74) is 1.67. The molecule has 0 amide bonds. The lowest BCUT2D eigenvalue weighted by atomic mass is 10.3. The molecule has 1 aromatic heterocycles. The quantitative estimate of drug-likeness (QED) is 0.727. The minimum atomic E-state index is -0.610. The van der Waals surface area contributed by atoms with Crippen molar-refractivity contribution in [3.8, 4) is 5.75 Å². The molecule has 1 heterocycles. The van der Waals surface area contributed by atoms with Gasteiger partial charge in [0.15, 0.2) is 11.9 Å². The molecular formula is C11H18N2O3. The van der Waals surface area contributed by atoms with Gasteiger partial charge in [-0.05, 0) is 27.7 Å². The average Bonchev–Trinajstić information content (AvgIpc) is 2.45. The van der Waals surface area contributed by atoms with Crippen LogP contribution in [-0.4, -0.2) is 28.5 Å². The second-order valence-corrected chi connectivity index (χ2v) is 3.64. The summed E-state index contributed by atoms with van der Waals surface area (Å²) in [6.07, 6.45) is -0.610. The first-order valence-electron chi connectivity index (χ1n) is 5.30. The van der Waals surface area contributed by atoms with Gasteiger partial charge in [-0.1, -0.05) is 0 Å². The molecule has 5 nitrogen and oxygen atoms in total. The highest BCUT2D eigenvalue weighted by Crippen LogP contribution is 2.22. The van der Waals surface area contributed by atoms with E-state index < -0.39 is 6.10 Å². The molecule has 1 atom stereocenters. The molecule has 0 aliphatic carbocycles. The number of carbonyl (C=O) groups is 1. The fraction of sp³-hybridized carbons (Fsp3) is 0.636. The van der Waals surface area contributed by atoms with Crippen molar-refractivity contribution in [3.63, 3.8) is 0 Å². The first-order chi connectivity index (χ1) is 7.47. The third kappa shape index (κ3) is 2.53. The summed E-state index contributed by atoms with van der Waals surface area (Å²) in [4.78, 5) is 11.4. The van der Waals surface area contributed by atoms with E-state index in [0.717, 1.165) is 11.4 Å². The van der Waals surface area contributed by atoms with Crippen molar-refractivity contribution in [2.75, 3.05) is 6.61 Å². The summed E-state index contributed by atoms with van der Waals surface area (Å²) < 4.78 is 12.1. The van der Waals surface area contributed by atoms with Crippen LogP contribution in [-0.2, 0) is 16.6 Å². The second-order valence-electron chi connectivity index (χ2n) is 3.64. The zero-order chi connectivity index (χ0) is 12.3. The van der Waals surface area contributed by atoms with E-state index in [0.29, 0.717) is 12.4 Å². The van der Waals surface area contributed by atoms with Crippen LogP contribution < -0.4 is 4.74 Å². The van der Waals surface area contributed by atoms with Gasteiger partial charge in [-0.25, -0.2) is 4.79 Å². The molecule has 0 fully saturated rings. The Labute approximate surface area is 95.3 Å². The van der Waals surface area contributed by atoms with Crippen LogP contribution in [0.5, 0.6) is 5.75 Å². The largest absolute Gasteiger partial charge is 0.475 e. The fourth-order valence-electron chi connectivity index (χ4n) is 1.41. The van der Waals surface area contributed by atoms with E-state index in [-0.39, 0.29) is 5.97 Å². The zero-order valence-electron chi connectivity index (χ0n) is 10.4. The predicted octanol–water partition coefficient (Wildman–Crippen LogP) is 1.37. The smallest absolute Gasteiger partial charge is 0.347 e. The second kappa shape index (κ2) is 5.01. The Balaban J connectivity index is 2.76. The SMILES string of the molecule is CCOC(=O)C(C)Oc1c(C)nn(C)c1C. The van der Waals surface area contributed by atoms with Crippen molar-refractivity contribution < 1.29 is 14.3 Å². The van der Waals surface area contributed by atoms with Gasteiger partial charge in [-0.15, -0.1) is 0 Å². The maximum atomic E-state index is 11.4. The molecule has 1 rings (SSSR count). The predicted molar refractivity (Wildman–Crippen MR) is 59.4 cm³/mol. The van der Waals surface area contributed by atoms with Gasteiger partial charge in [0.05, 0.1) is 12.3 Å². The molecule has 5 heteroatoms. The Kier molecular flexibility index (Phi) is 3.93. The zero-order valence-corrected chi connectivity index (χ0v) is 10.4. The first kappa shape index (κ1) is 12.5. The van der Waals surface area contributed by atoms with E-state index in [9.17, 15) is 4.79 Å². The summed E-state index contributed by atoms with van der Waals surface area (Å²) in [7, 11) is 1.84. The van der Waals surface area contributed by atoms with Gasteiger partial charge >= 0.3 is 5.97 Å². The van der Waals surface area contributed by atoms with Gasteiger partial charge in [-0.3, -0.25) is 4.68 Å². The molecular weight excluding hydrogens is 208 g/mol. The molecule has 0 saturated carbocycles. The lowest BCUT2D eigenvalue weighted by Crippen LogP contribution is -2.26. The van der Waals surface area contributed by atoms with Crippen LogP contribution in [0.3, 0.4) is 0 Å². The Bertz CT molecular complexity index is 385. The number of nitrogens with zero attached hydrogens (tertiary/aromatic N) is 2. The van der Waals surface area contributed by atoms with Gasteiger partial charge in [0, 0.05) is 7.05 Å². The lowest BCUT2D eigenvalue weighted by Gasteiger charge is -2.13. The molecule has 0 aliphatic rings. The van der Waals surface area contributed by atoms with Crippen LogP contribution >= 0.6 is 0 Å². The van der Waals surface area contributed by atoms with Crippen molar-refractivity contribution in [1.82, 2.24) is 9.78 Å². The van der Waals surface area contributed by atoms with Crippen molar-refractivity contribution in [1.29, 1.82) is 0 Å². The number of rotatable bonds is 4. The first-order valence-corrected chi connectivity index (χ1v) is 5.30. The summed E-state index contributed by atoms with van der Waals surface area (Å²) in [6, 6.07) is 0. The van der Waals surface area contributed by atoms with Gasteiger partial charge in [0.25, 0.3) is 0 Å². The van der Waals surface area contributed by atoms with E-state index in [4.69, 9.17) is 9.47 Å². The molecule has 0 aliphatic heterocycles. The number of ether oxygens (including phenoxy) is 2. The van der Waals surface area contributed by atoms with Crippen LogP contribution in [0.1, 0.15) is 25.2 Å². The van der Waals surface area contributed by atoms with E-state index in [1.165, 1.54) is 0 Å². The third-order valence-corrected chi connectivity index (χ3v) is 2.36. The molecule has 16 heavy (non-hydrogen) atoms. The molecule has 0 aromatic carbocycles. The third-order valence-electron chi connectivity index (χ3n) is 2.36. The van der Waals surface area contributed by atoms with Crippen LogP contribution in [0, 0.1) is 13.8 Å². The number of esters is 1. The van der Waals surface area contributed by atoms with Gasteiger partial charge in [0.2, 0.25) is 0 Å². The standard InChI is InChI=1S/C11H18N2O3/c1-6-15-11(14)9(4)16-10-7(2)12-13(5)8(10)3/h9H,6H2,1-5H3. The van der Waals surface area contributed by atoms with Gasteiger partial charge in [0.1, 0.15) is 5.69 Å². The van der Waals surface area contributed by atoms with Crippen molar-refractivity contribution >= 4 is 5.97 Å². The summed E-state index contributed by atoms with van der Waals surface area (Å²) in [5.74, 6) is 0.299. The Hall–Kier alpha value is -1.52. The highest BCUT2D eigenvalue weighted by atomic mass is 16.6. The Morgan fingerprint density at radius 2 is 2.12 bits per heavy atom. The number of aryl methyl sites for hydroxylation is 2. The number of hydrogen-bond acceptors (Lipinski definition) is 4. The number of aromatic nitrogens is 2. The monoisotopic (exact) mass is 226 g/mol. The van der Waals surface area contributed by atoms with Gasteiger partial charge in [-0.2, -0.15) is 5.10 Å². The molecule has 90 valence electrons. The van der Waals surface area contributed by atoms with E-state index in [2.05, 4.69) is 5.10 Å². The van der Waals surface area contributed by atoms with E-state index in [1.54, 1.807) is 18.5 Å². The Morgan fingerprint density at radius 1 is 1.50 bits per heavy atom. The number of carbonyl (C=O) groups excluding carboxylic acids is 1. The molecule has 0 radical (unpaired) electrons. The maximum absolute atomic E-state index is 11.4. The van der Waals surface area contributed by atoms with Crippen molar-refractivity contribution in [2.24, 2.45) is 7.05 Å². The Morgan fingerprint density at radius 3 is 2.56 bits per heavy atom. The average molecular weight is 226 g/mol. The highest BCUT2D eigenvalue weighted by Gasteiger charge is 2.20. The molecule has 0 N–H and O–H groups in total. The van der Waals surface area contributed by atoms with Crippen LogP contribution in [0.25, 0.3) is 0 Å². The topological polar surface area (TPSA) is 53.4 Å². The van der Waals surface area contributed by atoms with E-state index >= 15 is 0 Å². The highest BCUT2D eigenvalue weighted by molar-refractivity contribution is 5.74. The molecule has 1 aromatic rings. The summed E-state index contributed by atoms with van der Waals surface area (Å²) in [5, 5.41) is 4.21. The molecule has 0 saturated heterocycles. The van der Waals surface area contributed by atoms with Crippen molar-refractivity contribution in [2.45, 2.75) is 33.8 Å². The molecule has 1 unspecified atom stereocenters. The fourth-order valence-corrected chi connectivity index (χ4v) is 1.41. The minimum Gasteiger partial charge on any atom is -0.475 e. The van der Waals surface area contributed by atoms with Crippen molar-refractivity contribution in [3.05, 3.63) is 11.4 Å². The van der Waals surface area contributed by atoms with Crippen LogP contribution in [0.4, 0.5) is 0 Å². The minimum absolute atomic E-state index is 0.356. The normalized spacial score (nSPS) is 12.3. The summed E-state index contributed by atoms with van der Waals surface area (Å²) in [6.45, 7) is 7.54. The van der Waals surface area contributed by atoms with E-state index in [1.807, 2.05) is 20.9 Å². The maximum Gasteiger partial charge on any atom is 0.347 e. The molecule has 0 bridgehead atoms. The number of hydrogen-bond donors (Lipinski definition) is 0. The molecule has 0 spiro atoms. The summed E-state index contributed by atoms with van der Waals surface area (Å²) >= 11 is 0. The van der Waals surface area contributed by atoms with Gasteiger partial charge < -0.3 is 9.47 Å². The van der Waals surface area contributed by atoms with Crippen LogP contribution in [0.15, 0.2) is 0 Å². The van der Waals surface area contributed by atoms with Crippen LogP contribution in [0.2, 0.25) is 0 Å². The lowest BCUT2D eigenvalue weighted by molar-refractivity contribution is -0.150.